The summed E-state index contributed by atoms with van der Waals surface area (Å²) in [5.41, 5.74) is 8.46. The molecule has 0 unspecified atom stereocenters. The third kappa shape index (κ3) is 3.31. The molecule has 0 aliphatic heterocycles. The molecule has 0 fully saturated rings. The van der Waals surface area contributed by atoms with Gasteiger partial charge in [0.2, 0.25) is 5.91 Å². The Kier molecular flexibility index (Phi) is 3.80. The van der Waals surface area contributed by atoms with Crippen LogP contribution in [-0.2, 0) is 11.2 Å². The fraction of sp³-hybridized carbons (Fsp3) is 0.200. The second-order valence-corrected chi connectivity index (χ2v) is 4.56. The van der Waals surface area contributed by atoms with Crippen molar-refractivity contribution in [2.45, 2.75) is 13.3 Å². The monoisotopic (exact) mass is 255 g/mol. The Morgan fingerprint density at radius 2 is 1.89 bits per heavy atom. The van der Waals surface area contributed by atoms with Gasteiger partial charge in [-0.15, -0.1) is 0 Å². The highest BCUT2D eigenvalue weighted by Crippen LogP contribution is 2.14. The van der Waals surface area contributed by atoms with Crippen LogP contribution in [-0.4, -0.2) is 17.9 Å². The highest BCUT2D eigenvalue weighted by molar-refractivity contribution is 5.94. The second-order valence-electron chi connectivity index (χ2n) is 4.56. The number of likely N-dealkylation sites (N-methyl/N-ethyl adjacent to an activating group) is 1. The first-order chi connectivity index (χ1) is 9.06. The number of nitrogen functional groups attached to an aromatic ring is 1. The summed E-state index contributed by atoms with van der Waals surface area (Å²) >= 11 is 0. The number of hydrogen-bond acceptors (Lipinski definition) is 3. The molecule has 2 rings (SSSR count). The van der Waals surface area contributed by atoms with Crippen molar-refractivity contribution in [1.82, 2.24) is 4.98 Å². The standard InChI is InChI=1S/C15H17N3O/c1-11-3-5-12(6-4-11)9-15(19)18(2)13-7-8-14(16)17-10-13/h3-8,10H,9H2,1-2H3,(H2,16,17). The minimum atomic E-state index is 0.0235. The van der Waals surface area contributed by atoms with Crippen LogP contribution in [0.1, 0.15) is 11.1 Å². The van der Waals surface area contributed by atoms with Crippen LogP contribution in [0.2, 0.25) is 0 Å². The van der Waals surface area contributed by atoms with Crippen molar-refractivity contribution < 1.29 is 4.79 Å². The summed E-state index contributed by atoms with van der Waals surface area (Å²) in [5, 5.41) is 0. The van der Waals surface area contributed by atoms with Gasteiger partial charge in [0.05, 0.1) is 18.3 Å². The maximum atomic E-state index is 12.1. The Balaban J connectivity index is 2.07. The molecule has 0 bridgehead atoms. The number of nitrogens with zero attached hydrogens (tertiary/aromatic N) is 2. The molecule has 0 radical (unpaired) electrons. The Morgan fingerprint density at radius 3 is 2.47 bits per heavy atom. The number of anilines is 2. The van der Waals surface area contributed by atoms with E-state index >= 15 is 0 Å². The van der Waals surface area contributed by atoms with E-state index in [-0.39, 0.29) is 5.91 Å². The molecule has 0 atom stereocenters. The Morgan fingerprint density at radius 1 is 1.21 bits per heavy atom. The van der Waals surface area contributed by atoms with Crippen molar-refractivity contribution in [3.63, 3.8) is 0 Å². The fourth-order valence-electron chi connectivity index (χ4n) is 1.74. The van der Waals surface area contributed by atoms with Gasteiger partial charge in [0, 0.05) is 7.05 Å². The van der Waals surface area contributed by atoms with Crippen molar-refractivity contribution in [3.05, 3.63) is 53.7 Å². The van der Waals surface area contributed by atoms with Gasteiger partial charge in [0.25, 0.3) is 0 Å². The van der Waals surface area contributed by atoms with E-state index in [1.54, 1.807) is 30.3 Å². The maximum Gasteiger partial charge on any atom is 0.231 e. The smallest absolute Gasteiger partial charge is 0.231 e. The van der Waals surface area contributed by atoms with Crippen LogP contribution in [0.3, 0.4) is 0 Å². The van der Waals surface area contributed by atoms with Gasteiger partial charge in [-0.2, -0.15) is 0 Å². The van der Waals surface area contributed by atoms with E-state index in [9.17, 15) is 4.79 Å². The molecular formula is C15H17N3O. The minimum absolute atomic E-state index is 0.0235. The molecule has 19 heavy (non-hydrogen) atoms. The third-order valence-corrected chi connectivity index (χ3v) is 3.01. The molecule has 1 aromatic carbocycles. The normalized spacial score (nSPS) is 10.2. The minimum Gasteiger partial charge on any atom is -0.384 e. The van der Waals surface area contributed by atoms with E-state index in [1.165, 1.54) is 5.56 Å². The molecule has 4 heteroatoms. The van der Waals surface area contributed by atoms with E-state index in [0.29, 0.717) is 12.2 Å². The van der Waals surface area contributed by atoms with Crippen LogP contribution >= 0.6 is 0 Å². The van der Waals surface area contributed by atoms with Gasteiger partial charge >= 0.3 is 0 Å². The van der Waals surface area contributed by atoms with Gasteiger partial charge in [-0.3, -0.25) is 4.79 Å². The number of benzene rings is 1. The number of carbonyl (C=O) groups excluding carboxylic acids is 1. The van der Waals surface area contributed by atoms with Gasteiger partial charge in [0.1, 0.15) is 5.82 Å². The zero-order valence-electron chi connectivity index (χ0n) is 11.1. The number of carbonyl (C=O) groups is 1. The van der Waals surface area contributed by atoms with Crippen LogP contribution < -0.4 is 10.6 Å². The number of aromatic nitrogens is 1. The van der Waals surface area contributed by atoms with E-state index < -0.39 is 0 Å². The lowest BCUT2D eigenvalue weighted by Gasteiger charge is -2.17. The largest absolute Gasteiger partial charge is 0.384 e. The van der Waals surface area contributed by atoms with Crippen LogP contribution in [0.5, 0.6) is 0 Å². The quantitative estimate of drug-likeness (QED) is 0.914. The Hall–Kier alpha value is -2.36. The molecule has 1 heterocycles. The van der Waals surface area contributed by atoms with E-state index in [0.717, 1.165) is 11.3 Å². The Labute approximate surface area is 112 Å². The van der Waals surface area contributed by atoms with Crippen molar-refractivity contribution >= 4 is 17.4 Å². The molecule has 0 spiro atoms. The van der Waals surface area contributed by atoms with Crippen molar-refractivity contribution in [3.8, 4) is 0 Å². The average molecular weight is 255 g/mol. The summed E-state index contributed by atoms with van der Waals surface area (Å²) < 4.78 is 0. The summed E-state index contributed by atoms with van der Waals surface area (Å²) in [6.45, 7) is 2.03. The number of pyridine rings is 1. The average Bonchev–Trinajstić information content (AvgIpc) is 2.41. The summed E-state index contributed by atoms with van der Waals surface area (Å²) in [6.07, 6.45) is 1.98. The van der Waals surface area contributed by atoms with Crippen molar-refractivity contribution in [2.24, 2.45) is 0 Å². The number of hydrogen-bond donors (Lipinski definition) is 1. The topological polar surface area (TPSA) is 59.2 Å². The Bertz CT molecular complexity index is 561. The number of aryl methyl sites for hydroxylation is 1. The molecule has 0 aliphatic carbocycles. The molecule has 0 aliphatic rings. The molecule has 2 aromatic rings. The molecule has 0 saturated carbocycles. The first-order valence-corrected chi connectivity index (χ1v) is 6.10. The third-order valence-electron chi connectivity index (χ3n) is 3.01. The van der Waals surface area contributed by atoms with Crippen LogP contribution in [0.15, 0.2) is 42.6 Å². The van der Waals surface area contributed by atoms with Crippen LogP contribution in [0.4, 0.5) is 11.5 Å². The van der Waals surface area contributed by atoms with E-state index in [1.807, 2.05) is 31.2 Å². The zero-order valence-corrected chi connectivity index (χ0v) is 11.1. The lowest BCUT2D eigenvalue weighted by atomic mass is 10.1. The highest BCUT2D eigenvalue weighted by Gasteiger charge is 2.11. The summed E-state index contributed by atoms with van der Waals surface area (Å²) in [7, 11) is 1.74. The lowest BCUT2D eigenvalue weighted by molar-refractivity contribution is -0.117. The lowest BCUT2D eigenvalue weighted by Crippen LogP contribution is -2.27. The fourth-order valence-corrected chi connectivity index (χ4v) is 1.74. The number of amides is 1. The van der Waals surface area contributed by atoms with E-state index in [4.69, 9.17) is 5.73 Å². The summed E-state index contributed by atoms with van der Waals surface area (Å²) in [6, 6.07) is 11.4. The molecule has 1 amide bonds. The highest BCUT2D eigenvalue weighted by atomic mass is 16.2. The summed E-state index contributed by atoms with van der Waals surface area (Å²) in [5.74, 6) is 0.471. The van der Waals surface area contributed by atoms with Gasteiger partial charge in [-0.1, -0.05) is 29.8 Å². The molecule has 4 nitrogen and oxygen atoms in total. The molecule has 98 valence electrons. The van der Waals surface area contributed by atoms with E-state index in [2.05, 4.69) is 4.98 Å². The first kappa shape index (κ1) is 13.1. The molecule has 1 aromatic heterocycles. The number of rotatable bonds is 3. The predicted octanol–water partition coefficient (Wildman–Crippen LogP) is 2.18. The maximum absolute atomic E-state index is 12.1. The van der Waals surface area contributed by atoms with Crippen LogP contribution in [0.25, 0.3) is 0 Å². The SMILES string of the molecule is Cc1ccc(CC(=O)N(C)c2ccc(N)nc2)cc1. The van der Waals surface area contributed by atoms with Gasteiger partial charge < -0.3 is 10.6 Å². The predicted molar refractivity (Wildman–Crippen MR) is 76.9 cm³/mol. The van der Waals surface area contributed by atoms with Crippen molar-refractivity contribution in [1.29, 1.82) is 0 Å². The van der Waals surface area contributed by atoms with Gasteiger partial charge in [0.15, 0.2) is 0 Å². The molecule has 2 N–H and O–H groups in total. The van der Waals surface area contributed by atoms with Gasteiger partial charge in [-0.05, 0) is 24.6 Å². The first-order valence-electron chi connectivity index (χ1n) is 6.10. The zero-order chi connectivity index (χ0) is 13.8. The molecule has 0 saturated heterocycles. The van der Waals surface area contributed by atoms with Crippen molar-refractivity contribution in [2.75, 3.05) is 17.7 Å². The molecular weight excluding hydrogens is 238 g/mol. The number of nitrogens with two attached hydrogens (primary N) is 1. The second kappa shape index (κ2) is 5.52. The summed E-state index contributed by atoms with van der Waals surface area (Å²) in [4.78, 5) is 17.7. The van der Waals surface area contributed by atoms with Gasteiger partial charge in [-0.25, -0.2) is 4.98 Å². The van der Waals surface area contributed by atoms with Crippen LogP contribution in [0, 0.1) is 6.92 Å².